The third kappa shape index (κ3) is 4.79. The molecule has 110 valence electrons. The number of halogens is 3. The molecule has 0 aliphatic rings. The number of carboxylic acids is 1. The molecule has 0 heterocycles. The fourth-order valence-electron chi connectivity index (χ4n) is 1.48. The Morgan fingerprint density at radius 3 is 2.50 bits per heavy atom. The maximum absolute atomic E-state index is 12.3. The SMILES string of the molecule is CCN(CC(F)(F)F)C(=O)Nc1cccc(C(=O)O)c1. The van der Waals surface area contributed by atoms with Crippen molar-refractivity contribution in [3.05, 3.63) is 29.8 Å². The van der Waals surface area contributed by atoms with Crippen molar-refractivity contribution < 1.29 is 27.9 Å². The fraction of sp³-hybridized carbons (Fsp3) is 0.333. The molecule has 0 fully saturated rings. The summed E-state index contributed by atoms with van der Waals surface area (Å²) in [5.41, 5.74) is 0.0530. The fourth-order valence-corrected chi connectivity index (χ4v) is 1.48. The average Bonchev–Trinajstić information content (AvgIpc) is 2.35. The maximum atomic E-state index is 12.3. The number of nitrogens with zero attached hydrogens (tertiary/aromatic N) is 1. The summed E-state index contributed by atoms with van der Waals surface area (Å²) in [7, 11) is 0. The zero-order chi connectivity index (χ0) is 15.3. The minimum Gasteiger partial charge on any atom is -0.478 e. The lowest BCUT2D eigenvalue weighted by molar-refractivity contribution is -0.139. The Morgan fingerprint density at radius 1 is 1.35 bits per heavy atom. The highest BCUT2D eigenvalue weighted by Crippen LogP contribution is 2.17. The number of carboxylic acid groups (broad SMARTS) is 1. The Hall–Kier alpha value is -2.25. The van der Waals surface area contributed by atoms with E-state index in [9.17, 15) is 22.8 Å². The number of anilines is 1. The summed E-state index contributed by atoms with van der Waals surface area (Å²) in [5.74, 6) is -1.19. The second-order valence-corrected chi connectivity index (χ2v) is 3.95. The van der Waals surface area contributed by atoms with Crippen LogP contribution in [0.25, 0.3) is 0 Å². The number of rotatable bonds is 4. The lowest BCUT2D eigenvalue weighted by atomic mass is 10.2. The van der Waals surface area contributed by atoms with Crippen LogP contribution < -0.4 is 5.32 Å². The van der Waals surface area contributed by atoms with E-state index in [1.165, 1.54) is 31.2 Å². The van der Waals surface area contributed by atoms with Gasteiger partial charge in [-0.2, -0.15) is 13.2 Å². The monoisotopic (exact) mass is 290 g/mol. The van der Waals surface area contributed by atoms with Crippen LogP contribution in [0, 0.1) is 0 Å². The van der Waals surface area contributed by atoms with Gasteiger partial charge in [-0.1, -0.05) is 6.07 Å². The molecule has 0 unspecified atom stereocenters. The second-order valence-electron chi connectivity index (χ2n) is 3.95. The first kappa shape index (κ1) is 15.8. The molecule has 0 saturated carbocycles. The van der Waals surface area contributed by atoms with Crippen LogP contribution in [0.3, 0.4) is 0 Å². The third-order valence-electron chi connectivity index (χ3n) is 2.40. The van der Waals surface area contributed by atoms with Crippen LogP contribution >= 0.6 is 0 Å². The van der Waals surface area contributed by atoms with Gasteiger partial charge in [-0.05, 0) is 25.1 Å². The minimum atomic E-state index is -4.49. The topological polar surface area (TPSA) is 69.6 Å². The zero-order valence-electron chi connectivity index (χ0n) is 10.6. The van der Waals surface area contributed by atoms with E-state index in [4.69, 9.17) is 5.11 Å². The molecule has 1 aromatic carbocycles. The highest BCUT2D eigenvalue weighted by molar-refractivity contribution is 5.93. The summed E-state index contributed by atoms with van der Waals surface area (Å²) in [5, 5.41) is 11.0. The largest absolute Gasteiger partial charge is 0.478 e. The van der Waals surface area contributed by atoms with Gasteiger partial charge in [-0.25, -0.2) is 9.59 Å². The number of carbonyl (C=O) groups excluding carboxylic acids is 1. The van der Waals surface area contributed by atoms with E-state index in [2.05, 4.69) is 5.32 Å². The molecule has 8 heteroatoms. The van der Waals surface area contributed by atoms with E-state index in [0.29, 0.717) is 4.90 Å². The van der Waals surface area contributed by atoms with Gasteiger partial charge in [0, 0.05) is 12.2 Å². The van der Waals surface area contributed by atoms with Crippen molar-refractivity contribution in [2.75, 3.05) is 18.4 Å². The molecule has 20 heavy (non-hydrogen) atoms. The van der Waals surface area contributed by atoms with Crippen LogP contribution in [-0.2, 0) is 0 Å². The molecule has 5 nitrogen and oxygen atoms in total. The molecule has 2 N–H and O–H groups in total. The standard InChI is InChI=1S/C12H13F3N2O3/c1-2-17(7-12(13,14)15)11(20)16-9-5-3-4-8(6-9)10(18)19/h3-6H,2,7H2,1H3,(H,16,20)(H,18,19). The molecule has 0 radical (unpaired) electrons. The van der Waals surface area contributed by atoms with Crippen LogP contribution in [0.5, 0.6) is 0 Å². The molecule has 0 saturated heterocycles. The number of urea groups is 1. The predicted molar refractivity (Wildman–Crippen MR) is 65.7 cm³/mol. The van der Waals surface area contributed by atoms with E-state index < -0.39 is 24.7 Å². The van der Waals surface area contributed by atoms with Crippen LogP contribution in [0.15, 0.2) is 24.3 Å². The van der Waals surface area contributed by atoms with Crippen LogP contribution in [0.2, 0.25) is 0 Å². The molecule has 0 spiro atoms. The third-order valence-corrected chi connectivity index (χ3v) is 2.40. The predicted octanol–water partition coefficient (Wildman–Crippen LogP) is 2.80. The molecule has 0 aromatic heterocycles. The van der Waals surface area contributed by atoms with Crippen molar-refractivity contribution >= 4 is 17.7 Å². The van der Waals surface area contributed by atoms with Crippen molar-refractivity contribution in [3.63, 3.8) is 0 Å². The van der Waals surface area contributed by atoms with E-state index in [1.54, 1.807) is 0 Å². The molecule has 0 bridgehead atoms. The molecular weight excluding hydrogens is 277 g/mol. The summed E-state index contributed by atoms with van der Waals surface area (Å²) in [6, 6.07) is 4.32. The van der Waals surface area contributed by atoms with Crippen molar-refractivity contribution in [2.45, 2.75) is 13.1 Å². The van der Waals surface area contributed by atoms with Gasteiger partial charge in [0.15, 0.2) is 0 Å². The van der Waals surface area contributed by atoms with E-state index in [-0.39, 0.29) is 17.8 Å². The Bertz CT molecular complexity index is 503. The van der Waals surface area contributed by atoms with Gasteiger partial charge in [-0.3, -0.25) is 0 Å². The van der Waals surface area contributed by atoms with Crippen molar-refractivity contribution in [1.82, 2.24) is 4.90 Å². The molecule has 0 atom stereocenters. The van der Waals surface area contributed by atoms with Gasteiger partial charge in [0.05, 0.1) is 5.56 Å². The number of amides is 2. The zero-order valence-corrected chi connectivity index (χ0v) is 10.6. The molecule has 1 aromatic rings. The molecule has 2 amide bonds. The number of hydrogen-bond donors (Lipinski definition) is 2. The Kier molecular flexibility index (Phi) is 4.95. The van der Waals surface area contributed by atoms with E-state index >= 15 is 0 Å². The van der Waals surface area contributed by atoms with Crippen molar-refractivity contribution in [3.8, 4) is 0 Å². The smallest absolute Gasteiger partial charge is 0.406 e. The Labute approximate surface area is 113 Å². The second kappa shape index (κ2) is 6.27. The van der Waals surface area contributed by atoms with Crippen LogP contribution in [-0.4, -0.2) is 41.3 Å². The number of aromatic carboxylic acids is 1. The van der Waals surface area contributed by atoms with Gasteiger partial charge < -0.3 is 15.3 Å². The number of nitrogens with one attached hydrogen (secondary N) is 1. The number of carbonyl (C=O) groups is 2. The number of hydrogen-bond acceptors (Lipinski definition) is 2. The van der Waals surface area contributed by atoms with Gasteiger partial charge in [0.25, 0.3) is 0 Å². The Morgan fingerprint density at radius 2 is 2.00 bits per heavy atom. The van der Waals surface area contributed by atoms with E-state index in [1.807, 2.05) is 0 Å². The minimum absolute atomic E-state index is 0.0679. The van der Waals surface area contributed by atoms with Crippen molar-refractivity contribution in [2.24, 2.45) is 0 Å². The summed E-state index contributed by atoms with van der Waals surface area (Å²) in [4.78, 5) is 23.0. The molecular formula is C12H13F3N2O3. The van der Waals surface area contributed by atoms with Gasteiger partial charge in [-0.15, -0.1) is 0 Å². The van der Waals surface area contributed by atoms with E-state index in [0.717, 1.165) is 0 Å². The summed E-state index contributed by atoms with van der Waals surface area (Å²) >= 11 is 0. The lowest BCUT2D eigenvalue weighted by Gasteiger charge is -2.22. The summed E-state index contributed by atoms with van der Waals surface area (Å²) in [6.45, 7) is -0.0725. The average molecular weight is 290 g/mol. The number of alkyl halides is 3. The van der Waals surface area contributed by atoms with Gasteiger partial charge in [0.2, 0.25) is 0 Å². The first-order valence-electron chi connectivity index (χ1n) is 5.69. The van der Waals surface area contributed by atoms with Crippen LogP contribution in [0.1, 0.15) is 17.3 Å². The number of benzene rings is 1. The van der Waals surface area contributed by atoms with Crippen molar-refractivity contribution in [1.29, 1.82) is 0 Å². The highest BCUT2D eigenvalue weighted by atomic mass is 19.4. The lowest BCUT2D eigenvalue weighted by Crippen LogP contribution is -2.41. The first-order chi connectivity index (χ1) is 9.23. The molecule has 1 rings (SSSR count). The first-order valence-corrected chi connectivity index (χ1v) is 5.69. The van der Waals surface area contributed by atoms with Gasteiger partial charge >= 0.3 is 18.2 Å². The molecule has 0 aliphatic carbocycles. The summed E-state index contributed by atoms with van der Waals surface area (Å²) in [6.07, 6.45) is -4.49. The Balaban J connectivity index is 2.78. The van der Waals surface area contributed by atoms with Gasteiger partial charge in [0.1, 0.15) is 6.54 Å². The maximum Gasteiger partial charge on any atom is 0.406 e. The quantitative estimate of drug-likeness (QED) is 0.895. The normalized spacial score (nSPS) is 11.0. The molecule has 0 aliphatic heterocycles. The highest BCUT2D eigenvalue weighted by Gasteiger charge is 2.32. The summed E-state index contributed by atoms with van der Waals surface area (Å²) < 4.78 is 36.8. The van der Waals surface area contributed by atoms with Crippen LogP contribution in [0.4, 0.5) is 23.7 Å².